The Morgan fingerprint density at radius 3 is 2.25 bits per heavy atom. The molecule has 2 rings (SSSR count). The molecule has 2 heteroatoms. The summed E-state index contributed by atoms with van der Waals surface area (Å²) >= 11 is 0. The SMILES string of the molecule is C=C/C(=C\C=[NH+]Cc1ccc(C[n+]2ccc(CCCC)cc2)cc1)CCCC. The second-order valence-electron chi connectivity index (χ2n) is 7.40. The third-order valence-corrected chi connectivity index (χ3v) is 4.97. The highest BCUT2D eigenvalue weighted by molar-refractivity contribution is 5.67. The molecule has 0 saturated carbocycles. The Morgan fingerprint density at radius 1 is 0.929 bits per heavy atom. The predicted octanol–water partition coefficient (Wildman–Crippen LogP) is 4.32. The molecule has 2 aromatic rings. The van der Waals surface area contributed by atoms with E-state index in [9.17, 15) is 0 Å². The number of unbranched alkanes of at least 4 members (excludes halogenated alkanes) is 2. The van der Waals surface area contributed by atoms with Gasteiger partial charge in [0.1, 0.15) is 0 Å². The number of nitrogens with one attached hydrogen (secondary N) is 1. The first-order valence-electron chi connectivity index (χ1n) is 10.7. The zero-order chi connectivity index (χ0) is 20.0. The summed E-state index contributed by atoms with van der Waals surface area (Å²) < 4.78 is 2.24. The van der Waals surface area contributed by atoms with Crippen molar-refractivity contribution in [1.29, 1.82) is 0 Å². The van der Waals surface area contributed by atoms with E-state index in [0.717, 1.165) is 19.5 Å². The molecule has 0 atom stereocenters. The van der Waals surface area contributed by atoms with Crippen molar-refractivity contribution in [3.05, 3.63) is 89.8 Å². The Morgan fingerprint density at radius 2 is 1.61 bits per heavy atom. The van der Waals surface area contributed by atoms with Crippen molar-refractivity contribution >= 4 is 6.21 Å². The second kappa shape index (κ2) is 12.8. The smallest absolute Gasteiger partial charge is 0.173 e. The molecule has 0 aliphatic heterocycles. The minimum atomic E-state index is 0.842. The molecule has 1 N–H and O–H groups in total. The van der Waals surface area contributed by atoms with Gasteiger partial charge >= 0.3 is 0 Å². The Balaban J connectivity index is 1.85. The van der Waals surface area contributed by atoms with E-state index in [-0.39, 0.29) is 0 Å². The highest BCUT2D eigenvalue weighted by Gasteiger charge is 2.04. The summed E-state index contributed by atoms with van der Waals surface area (Å²) in [5.41, 5.74) is 5.34. The minimum absolute atomic E-state index is 0.842. The number of pyridine rings is 1. The van der Waals surface area contributed by atoms with Crippen molar-refractivity contribution < 1.29 is 9.56 Å². The van der Waals surface area contributed by atoms with Crippen molar-refractivity contribution in [2.45, 2.75) is 65.5 Å². The Hall–Kier alpha value is -2.48. The minimum Gasteiger partial charge on any atom is -0.244 e. The van der Waals surface area contributed by atoms with Gasteiger partial charge in [0.15, 0.2) is 31.7 Å². The standard InChI is InChI=1S/C26H35N2/c1-4-7-9-23(6-3)15-18-27-21-25-11-13-26(14-12-25)22-28-19-16-24(17-20-28)10-8-5-2/h6,11-20H,3-5,7-10,21-22H2,1-2H3/q+1/p+1/b23-15+,27-18?. The molecule has 148 valence electrons. The van der Waals surface area contributed by atoms with Crippen molar-refractivity contribution in [3.63, 3.8) is 0 Å². The molecule has 0 saturated heterocycles. The van der Waals surface area contributed by atoms with Crippen LogP contribution in [-0.4, -0.2) is 6.21 Å². The maximum absolute atomic E-state index is 3.89. The first kappa shape index (κ1) is 21.8. The molecule has 0 radical (unpaired) electrons. The van der Waals surface area contributed by atoms with Crippen LogP contribution in [0.2, 0.25) is 0 Å². The largest absolute Gasteiger partial charge is 0.244 e. The van der Waals surface area contributed by atoms with Crippen LogP contribution >= 0.6 is 0 Å². The van der Waals surface area contributed by atoms with Crippen LogP contribution in [0.1, 0.15) is 62.6 Å². The number of hydrogen-bond acceptors (Lipinski definition) is 0. The fraction of sp³-hybridized carbons (Fsp3) is 0.385. The molecule has 2 nitrogen and oxygen atoms in total. The van der Waals surface area contributed by atoms with Gasteiger partial charge in [-0.05, 0) is 36.8 Å². The molecule has 0 spiro atoms. The predicted molar refractivity (Wildman–Crippen MR) is 119 cm³/mol. The monoisotopic (exact) mass is 376 g/mol. The second-order valence-corrected chi connectivity index (χ2v) is 7.40. The number of rotatable bonds is 12. The summed E-state index contributed by atoms with van der Waals surface area (Å²) in [6.45, 7) is 10.1. The van der Waals surface area contributed by atoms with Gasteiger partial charge in [-0.15, -0.1) is 0 Å². The quantitative estimate of drug-likeness (QED) is 0.323. The third kappa shape index (κ3) is 8.04. The number of allylic oxidation sites excluding steroid dienone is 3. The molecular weight excluding hydrogens is 340 g/mol. The molecule has 28 heavy (non-hydrogen) atoms. The van der Waals surface area contributed by atoms with Crippen LogP contribution in [0.25, 0.3) is 0 Å². The summed E-state index contributed by atoms with van der Waals surface area (Å²) in [6, 6.07) is 13.4. The zero-order valence-corrected chi connectivity index (χ0v) is 17.7. The van der Waals surface area contributed by atoms with Crippen molar-refractivity contribution in [3.8, 4) is 0 Å². The summed E-state index contributed by atoms with van der Waals surface area (Å²) in [5, 5.41) is 0. The average molecular weight is 377 g/mol. The number of aromatic nitrogens is 1. The van der Waals surface area contributed by atoms with E-state index in [2.05, 4.69) is 84.9 Å². The number of benzene rings is 1. The Bertz CT molecular complexity index is 752. The van der Waals surface area contributed by atoms with Gasteiger partial charge in [-0.25, -0.2) is 9.56 Å². The lowest BCUT2D eigenvalue weighted by Crippen LogP contribution is -2.66. The average Bonchev–Trinajstić information content (AvgIpc) is 2.74. The molecule has 0 bridgehead atoms. The van der Waals surface area contributed by atoms with Crippen molar-refractivity contribution in [2.75, 3.05) is 0 Å². The van der Waals surface area contributed by atoms with Gasteiger partial charge in [0.25, 0.3) is 0 Å². The van der Waals surface area contributed by atoms with Gasteiger partial charge in [0.2, 0.25) is 0 Å². The Labute approximate surface area is 171 Å². The highest BCUT2D eigenvalue weighted by Crippen LogP contribution is 2.07. The molecule has 1 heterocycles. The van der Waals surface area contributed by atoms with Crippen LogP contribution < -0.4 is 9.56 Å². The fourth-order valence-corrected chi connectivity index (χ4v) is 3.09. The number of aryl methyl sites for hydroxylation is 1. The summed E-state index contributed by atoms with van der Waals surface area (Å²) in [7, 11) is 0. The topological polar surface area (TPSA) is 17.9 Å². The lowest BCUT2D eigenvalue weighted by molar-refractivity contribution is -0.688. The maximum Gasteiger partial charge on any atom is 0.173 e. The normalized spacial score (nSPS) is 11.9. The molecule has 0 aliphatic rings. The summed E-state index contributed by atoms with van der Waals surface area (Å²) in [4.78, 5) is 3.38. The van der Waals surface area contributed by atoms with E-state index in [1.54, 1.807) is 0 Å². The van der Waals surface area contributed by atoms with E-state index >= 15 is 0 Å². The molecule has 0 aliphatic carbocycles. The fourth-order valence-electron chi connectivity index (χ4n) is 3.09. The number of nitrogens with zero attached hydrogens (tertiary/aromatic N) is 1. The van der Waals surface area contributed by atoms with E-state index < -0.39 is 0 Å². The van der Waals surface area contributed by atoms with E-state index in [1.165, 1.54) is 54.4 Å². The van der Waals surface area contributed by atoms with Gasteiger partial charge in [0, 0.05) is 29.3 Å². The summed E-state index contributed by atoms with van der Waals surface area (Å²) in [5.74, 6) is 0. The van der Waals surface area contributed by atoms with Gasteiger partial charge in [0.05, 0.1) is 0 Å². The molecular formula is C26H36N2+2. The highest BCUT2D eigenvalue weighted by atomic mass is 14.9. The lowest BCUT2D eigenvalue weighted by Gasteiger charge is -2.01. The first-order chi connectivity index (χ1) is 13.7. The lowest BCUT2D eigenvalue weighted by atomic mass is 10.1. The summed E-state index contributed by atoms with van der Waals surface area (Å²) in [6.07, 6.45) is 17.7. The van der Waals surface area contributed by atoms with Crippen LogP contribution in [0.15, 0.2) is 73.1 Å². The number of hydrogen-bond donors (Lipinski definition) is 1. The van der Waals surface area contributed by atoms with Gasteiger partial charge in [-0.3, -0.25) is 0 Å². The van der Waals surface area contributed by atoms with Crippen molar-refractivity contribution in [2.24, 2.45) is 0 Å². The van der Waals surface area contributed by atoms with Crippen LogP contribution in [0.3, 0.4) is 0 Å². The van der Waals surface area contributed by atoms with Crippen LogP contribution in [0, 0.1) is 0 Å². The molecule has 0 unspecified atom stereocenters. The third-order valence-electron chi connectivity index (χ3n) is 4.97. The molecule has 1 aromatic carbocycles. The first-order valence-corrected chi connectivity index (χ1v) is 10.7. The van der Waals surface area contributed by atoms with Crippen molar-refractivity contribution in [1.82, 2.24) is 0 Å². The van der Waals surface area contributed by atoms with E-state index in [1.807, 2.05) is 12.3 Å². The van der Waals surface area contributed by atoms with Crippen LogP contribution in [0.5, 0.6) is 0 Å². The van der Waals surface area contributed by atoms with E-state index in [4.69, 9.17) is 0 Å². The van der Waals surface area contributed by atoms with Crippen LogP contribution in [-0.2, 0) is 19.5 Å². The molecule has 0 fully saturated rings. The zero-order valence-electron chi connectivity index (χ0n) is 17.7. The van der Waals surface area contributed by atoms with Gasteiger partial charge in [-0.2, -0.15) is 0 Å². The Kier molecular flexibility index (Phi) is 9.99. The van der Waals surface area contributed by atoms with Gasteiger partial charge in [-0.1, -0.05) is 63.6 Å². The molecule has 1 aromatic heterocycles. The molecule has 0 amide bonds. The van der Waals surface area contributed by atoms with E-state index in [0.29, 0.717) is 0 Å². The maximum atomic E-state index is 3.89. The van der Waals surface area contributed by atoms with Gasteiger partial charge < -0.3 is 0 Å². The van der Waals surface area contributed by atoms with Crippen LogP contribution in [0.4, 0.5) is 0 Å².